The molecule has 0 N–H and O–H groups in total. The quantitative estimate of drug-likeness (QED) is 0.656. The number of benzene rings is 3. The van der Waals surface area contributed by atoms with Gasteiger partial charge in [-0.15, -0.1) is 11.8 Å². The van der Waals surface area contributed by atoms with Crippen LogP contribution in [0.2, 0.25) is 0 Å². The second-order valence-corrected chi connectivity index (χ2v) is 7.54. The summed E-state index contributed by atoms with van der Waals surface area (Å²) in [6.07, 6.45) is 0. The maximum absolute atomic E-state index is 13.4. The Morgan fingerprint density at radius 2 is 1.85 bits per heavy atom. The number of fused-ring (bicyclic) bond motifs is 1. The van der Waals surface area contributed by atoms with E-state index < -0.39 is 0 Å². The molecule has 4 rings (SSSR count). The minimum absolute atomic E-state index is 0.0553. The fourth-order valence-corrected chi connectivity index (χ4v) is 4.81. The molecule has 5 heteroatoms. The number of carbonyl (C=O) groups is 1. The number of amides is 1. The average molecular weight is 379 g/mol. The van der Waals surface area contributed by atoms with Gasteiger partial charge in [0.1, 0.15) is 16.9 Å². The van der Waals surface area contributed by atoms with Crippen molar-refractivity contribution in [3.8, 4) is 11.5 Å². The molecule has 3 aromatic rings. The van der Waals surface area contributed by atoms with Crippen molar-refractivity contribution in [1.82, 2.24) is 4.90 Å². The van der Waals surface area contributed by atoms with Gasteiger partial charge in [0.15, 0.2) is 0 Å². The van der Waals surface area contributed by atoms with E-state index in [2.05, 4.69) is 0 Å². The zero-order valence-electron chi connectivity index (χ0n) is 15.3. The third kappa shape index (κ3) is 3.23. The summed E-state index contributed by atoms with van der Waals surface area (Å²) in [5, 5.41) is 1.99. The number of ether oxygens (including phenoxy) is 2. The number of methoxy groups -OCH3 is 2. The second-order valence-electron chi connectivity index (χ2n) is 6.36. The van der Waals surface area contributed by atoms with E-state index in [1.807, 2.05) is 65.6 Å². The molecule has 1 unspecified atom stereocenters. The van der Waals surface area contributed by atoms with Crippen LogP contribution in [0.1, 0.15) is 21.3 Å². The molecule has 138 valence electrons. The maximum atomic E-state index is 13.4. The van der Waals surface area contributed by atoms with E-state index in [-0.39, 0.29) is 11.3 Å². The largest absolute Gasteiger partial charge is 0.497 e. The first-order chi connectivity index (χ1) is 13.2. The van der Waals surface area contributed by atoms with E-state index in [1.165, 1.54) is 0 Å². The SMILES string of the molecule is COc1ccc(C2SCCN2C(=O)c2cccc3ccccc23)c(OC)c1. The number of thioether (sulfide) groups is 1. The Bertz CT molecular complexity index is 983. The average Bonchev–Trinajstić information content (AvgIpc) is 3.22. The number of nitrogens with zero attached hydrogens (tertiary/aromatic N) is 1. The summed E-state index contributed by atoms with van der Waals surface area (Å²) in [5.41, 5.74) is 1.74. The van der Waals surface area contributed by atoms with Gasteiger partial charge in [0.25, 0.3) is 5.91 Å². The molecule has 1 amide bonds. The van der Waals surface area contributed by atoms with Crippen molar-refractivity contribution in [2.45, 2.75) is 5.37 Å². The molecule has 0 aromatic heterocycles. The molecule has 1 aliphatic heterocycles. The van der Waals surface area contributed by atoms with E-state index in [1.54, 1.807) is 26.0 Å². The molecule has 1 aliphatic rings. The number of rotatable bonds is 4. The molecule has 0 aliphatic carbocycles. The third-order valence-corrected chi connectivity index (χ3v) is 6.12. The molecule has 27 heavy (non-hydrogen) atoms. The molecule has 3 aromatic carbocycles. The van der Waals surface area contributed by atoms with Crippen molar-refractivity contribution in [2.24, 2.45) is 0 Å². The van der Waals surface area contributed by atoms with Crippen LogP contribution in [0.25, 0.3) is 10.8 Å². The Labute approximate surface area is 163 Å². The molecular weight excluding hydrogens is 358 g/mol. The Balaban J connectivity index is 1.72. The first-order valence-electron chi connectivity index (χ1n) is 8.85. The van der Waals surface area contributed by atoms with Gasteiger partial charge in [0.05, 0.1) is 14.2 Å². The molecule has 1 saturated heterocycles. The van der Waals surface area contributed by atoms with Gasteiger partial charge in [-0.2, -0.15) is 0 Å². The number of carbonyl (C=O) groups excluding carboxylic acids is 1. The minimum Gasteiger partial charge on any atom is -0.497 e. The van der Waals surface area contributed by atoms with Gasteiger partial charge in [-0.1, -0.05) is 36.4 Å². The molecular formula is C22H21NO3S. The van der Waals surface area contributed by atoms with E-state index in [0.717, 1.165) is 39.2 Å². The summed E-state index contributed by atoms with van der Waals surface area (Å²) in [6, 6.07) is 19.7. The molecule has 1 atom stereocenters. The van der Waals surface area contributed by atoms with Crippen LogP contribution in [0.15, 0.2) is 60.7 Å². The Hall–Kier alpha value is -2.66. The second kappa shape index (κ2) is 7.53. The van der Waals surface area contributed by atoms with Crippen molar-refractivity contribution >= 4 is 28.4 Å². The topological polar surface area (TPSA) is 38.8 Å². The van der Waals surface area contributed by atoms with Gasteiger partial charge in [0, 0.05) is 29.5 Å². The van der Waals surface area contributed by atoms with Crippen molar-refractivity contribution in [2.75, 3.05) is 26.5 Å². The lowest BCUT2D eigenvalue weighted by molar-refractivity contribution is 0.0761. The molecule has 0 radical (unpaired) electrons. The molecule has 0 saturated carbocycles. The van der Waals surface area contributed by atoms with Crippen molar-refractivity contribution in [3.63, 3.8) is 0 Å². The molecule has 0 spiro atoms. The number of hydrogen-bond donors (Lipinski definition) is 0. The zero-order chi connectivity index (χ0) is 18.8. The highest BCUT2D eigenvalue weighted by Crippen LogP contribution is 2.43. The summed E-state index contributed by atoms with van der Waals surface area (Å²) in [7, 11) is 3.28. The molecule has 4 nitrogen and oxygen atoms in total. The highest BCUT2D eigenvalue weighted by Gasteiger charge is 2.33. The fraction of sp³-hybridized carbons (Fsp3) is 0.227. The summed E-state index contributed by atoms with van der Waals surface area (Å²) < 4.78 is 10.9. The van der Waals surface area contributed by atoms with E-state index in [4.69, 9.17) is 9.47 Å². The standard InChI is InChI=1S/C22H21NO3S/c1-25-16-10-11-19(20(14-16)26-2)22-23(12-13-27-22)21(24)18-9-5-7-15-6-3-4-8-17(15)18/h3-11,14,22H,12-13H2,1-2H3. The summed E-state index contributed by atoms with van der Waals surface area (Å²) >= 11 is 1.76. The first-order valence-corrected chi connectivity index (χ1v) is 9.90. The van der Waals surface area contributed by atoms with E-state index >= 15 is 0 Å². The first kappa shape index (κ1) is 17.7. The lowest BCUT2D eigenvalue weighted by Crippen LogP contribution is -2.30. The molecule has 1 fully saturated rings. The highest BCUT2D eigenvalue weighted by atomic mass is 32.2. The normalized spacial score (nSPS) is 16.5. The highest BCUT2D eigenvalue weighted by molar-refractivity contribution is 7.99. The van der Waals surface area contributed by atoms with E-state index in [0.29, 0.717) is 6.54 Å². The predicted molar refractivity (Wildman–Crippen MR) is 110 cm³/mol. The smallest absolute Gasteiger partial charge is 0.255 e. The summed E-state index contributed by atoms with van der Waals surface area (Å²) in [4.78, 5) is 15.4. The van der Waals surface area contributed by atoms with Crippen LogP contribution in [0.5, 0.6) is 11.5 Å². The van der Waals surface area contributed by atoms with Gasteiger partial charge in [-0.05, 0) is 29.0 Å². The number of hydrogen-bond acceptors (Lipinski definition) is 4. The van der Waals surface area contributed by atoms with Crippen LogP contribution >= 0.6 is 11.8 Å². The van der Waals surface area contributed by atoms with Crippen molar-refractivity contribution in [1.29, 1.82) is 0 Å². The van der Waals surface area contributed by atoms with Crippen molar-refractivity contribution in [3.05, 3.63) is 71.8 Å². The van der Waals surface area contributed by atoms with Gasteiger partial charge < -0.3 is 14.4 Å². The van der Waals surface area contributed by atoms with Gasteiger partial charge >= 0.3 is 0 Å². The Morgan fingerprint density at radius 1 is 1.04 bits per heavy atom. The van der Waals surface area contributed by atoms with Crippen LogP contribution in [-0.2, 0) is 0 Å². The third-order valence-electron chi connectivity index (χ3n) is 4.88. The van der Waals surface area contributed by atoms with E-state index in [9.17, 15) is 4.79 Å². The predicted octanol–water partition coefficient (Wildman–Crippen LogP) is 4.74. The molecule has 1 heterocycles. The van der Waals surface area contributed by atoms with Gasteiger partial charge in [0.2, 0.25) is 0 Å². The lowest BCUT2D eigenvalue weighted by atomic mass is 10.0. The van der Waals surface area contributed by atoms with Crippen molar-refractivity contribution < 1.29 is 14.3 Å². The van der Waals surface area contributed by atoms with Crippen LogP contribution < -0.4 is 9.47 Å². The monoisotopic (exact) mass is 379 g/mol. The minimum atomic E-state index is -0.0719. The van der Waals surface area contributed by atoms with Crippen LogP contribution in [0.3, 0.4) is 0 Å². The fourth-order valence-electron chi connectivity index (χ4n) is 3.52. The lowest BCUT2D eigenvalue weighted by Gasteiger charge is -2.26. The maximum Gasteiger partial charge on any atom is 0.255 e. The summed E-state index contributed by atoms with van der Waals surface area (Å²) in [5.74, 6) is 2.44. The van der Waals surface area contributed by atoms with Gasteiger partial charge in [-0.3, -0.25) is 4.79 Å². The Morgan fingerprint density at radius 3 is 2.67 bits per heavy atom. The van der Waals surface area contributed by atoms with Crippen LogP contribution in [0.4, 0.5) is 0 Å². The summed E-state index contributed by atoms with van der Waals surface area (Å²) in [6.45, 7) is 0.715. The van der Waals surface area contributed by atoms with Gasteiger partial charge in [-0.25, -0.2) is 0 Å². The zero-order valence-corrected chi connectivity index (χ0v) is 16.2. The molecule has 0 bridgehead atoms. The Kier molecular flexibility index (Phi) is 4.94. The van der Waals surface area contributed by atoms with Crippen LogP contribution in [-0.4, -0.2) is 37.3 Å². The van der Waals surface area contributed by atoms with Crippen LogP contribution in [0, 0.1) is 0 Å².